The molecular formula is C12H11ClN2S. The van der Waals surface area contributed by atoms with E-state index in [1.54, 1.807) is 18.0 Å². The molecule has 2 aromatic rings. The third-order valence-electron chi connectivity index (χ3n) is 2.11. The number of benzene rings is 1. The molecule has 2 nitrogen and oxygen atoms in total. The molecule has 0 aliphatic heterocycles. The van der Waals surface area contributed by atoms with E-state index < -0.39 is 0 Å². The van der Waals surface area contributed by atoms with Crippen molar-refractivity contribution in [2.24, 2.45) is 5.73 Å². The zero-order valence-electron chi connectivity index (χ0n) is 8.56. The van der Waals surface area contributed by atoms with Gasteiger partial charge in [0.1, 0.15) is 5.03 Å². The minimum absolute atomic E-state index is 0.434. The second kappa shape index (κ2) is 5.34. The molecule has 1 aromatic carbocycles. The molecule has 0 saturated heterocycles. The summed E-state index contributed by atoms with van der Waals surface area (Å²) in [7, 11) is 0. The molecule has 82 valence electrons. The Morgan fingerprint density at radius 3 is 2.62 bits per heavy atom. The Bertz CT molecular complexity index is 474. The fraction of sp³-hybridized carbons (Fsp3) is 0.0833. The molecule has 2 rings (SSSR count). The van der Waals surface area contributed by atoms with Crippen LogP contribution in [0.15, 0.2) is 52.5 Å². The van der Waals surface area contributed by atoms with E-state index in [4.69, 9.17) is 17.3 Å². The van der Waals surface area contributed by atoms with Gasteiger partial charge in [0.2, 0.25) is 0 Å². The lowest BCUT2D eigenvalue weighted by Crippen LogP contribution is -1.98. The number of aromatic nitrogens is 1. The zero-order chi connectivity index (χ0) is 11.4. The predicted octanol–water partition coefficient (Wildman–Crippen LogP) is 3.34. The molecule has 0 atom stereocenters. The summed E-state index contributed by atoms with van der Waals surface area (Å²) in [5.74, 6) is 0. The van der Waals surface area contributed by atoms with E-state index in [1.165, 1.54) is 0 Å². The maximum absolute atomic E-state index is 6.20. The third kappa shape index (κ3) is 2.55. The topological polar surface area (TPSA) is 38.9 Å². The van der Waals surface area contributed by atoms with Crippen LogP contribution in [0, 0.1) is 0 Å². The molecule has 0 bridgehead atoms. The van der Waals surface area contributed by atoms with Gasteiger partial charge in [0.15, 0.2) is 0 Å². The van der Waals surface area contributed by atoms with Gasteiger partial charge in [-0.25, -0.2) is 4.98 Å². The van der Waals surface area contributed by atoms with Crippen LogP contribution >= 0.6 is 23.4 Å². The number of halogens is 1. The predicted molar refractivity (Wildman–Crippen MR) is 67.7 cm³/mol. The van der Waals surface area contributed by atoms with Crippen LogP contribution in [0.3, 0.4) is 0 Å². The highest BCUT2D eigenvalue weighted by Crippen LogP contribution is 2.32. The van der Waals surface area contributed by atoms with Gasteiger partial charge in [-0.1, -0.05) is 41.6 Å². The minimum atomic E-state index is 0.434. The Hall–Kier alpha value is -1.03. The highest BCUT2D eigenvalue weighted by Gasteiger charge is 2.07. The normalized spacial score (nSPS) is 10.4. The van der Waals surface area contributed by atoms with Gasteiger partial charge in [0.25, 0.3) is 0 Å². The highest BCUT2D eigenvalue weighted by atomic mass is 35.5. The number of nitrogens with zero attached hydrogens (tertiary/aromatic N) is 1. The quantitative estimate of drug-likeness (QED) is 0.908. The first kappa shape index (κ1) is 11.5. The molecule has 1 heterocycles. The summed E-state index contributed by atoms with van der Waals surface area (Å²) in [5, 5.41) is 1.45. The van der Waals surface area contributed by atoms with Crippen LogP contribution in [-0.4, -0.2) is 4.98 Å². The zero-order valence-corrected chi connectivity index (χ0v) is 10.1. The van der Waals surface area contributed by atoms with Crippen LogP contribution in [0.4, 0.5) is 0 Å². The number of pyridine rings is 1. The number of rotatable bonds is 3. The lowest BCUT2D eigenvalue weighted by molar-refractivity contribution is 1.02. The molecule has 4 heteroatoms. The fourth-order valence-electron chi connectivity index (χ4n) is 1.29. The smallest absolute Gasteiger partial charge is 0.120 e. The van der Waals surface area contributed by atoms with Crippen LogP contribution in [0.5, 0.6) is 0 Å². The summed E-state index contributed by atoms with van der Waals surface area (Å²) in [5.41, 5.74) is 6.52. The Kier molecular flexibility index (Phi) is 3.83. The van der Waals surface area contributed by atoms with Crippen LogP contribution in [0.2, 0.25) is 5.02 Å². The largest absolute Gasteiger partial charge is 0.326 e. The molecule has 2 N–H and O–H groups in total. The second-order valence-electron chi connectivity index (χ2n) is 3.21. The molecule has 0 unspecified atom stereocenters. The van der Waals surface area contributed by atoms with Gasteiger partial charge in [0, 0.05) is 17.6 Å². The van der Waals surface area contributed by atoms with Crippen molar-refractivity contribution in [1.82, 2.24) is 4.98 Å². The summed E-state index contributed by atoms with van der Waals surface area (Å²) < 4.78 is 0. The lowest BCUT2D eigenvalue weighted by Gasteiger charge is -2.06. The number of hydrogen-bond donors (Lipinski definition) is 1. The average Bonchev–Trinajstić information content (AvgIpc) is 2.33. The highest BCUT2D eigenvalue weighted by molar-refractivity contribution is 7.99. The minimum Gasteiger partial charge on any atom is -0.326 e. The van der Waals surface area contributed by atoms with Crippen molar-refractivity contribution in [3.63, 3.8) is 0 Å². The first-order valence-corrected chi connectivity index (χ1v) is 6.07. The van der Waals surface area contributed by atoms with Crippen molar-refractivity contribution in [3.05, 3.63) is 53.2 Å². The Balaban J connectivity index is 2.28. The molecule has 16 heavy (non-hydrogen) atoms. The van der Waals surface area contributed by atoms with E-state index in [0.717, 1.165) is 15.5 Å². The Morgan fingerprint density at radius 1 is 1.19 bits per heavy atom. The Morgan fingerprint density at radius 2 is 1.94 bits per heavy atom. The maximum Gasteiger partial charge on any atom is 0.120 e. The van der Waals surface area contributed by atoms with Gasteiger partial charge in [0.05, 0.1) is 5.02 Å². The van der Waals surface area contributed by atoms with Gasteiger partial charge >= 0.3 is 0 Å². The van der Waals surface area contributed by atoms with E-state index in [-0.39, 0.29) is 0 Å². The molecule has 0 saturated carbocycles. The van der Waals surface area contributed by atoms with Crippen molar-refractivity contribution >= 4 is 23.4 Å². The summed E-state index contributed by atoms with van der Waals surface area (Å²) in [6, 6.07) is 11.9. The molecule has 0 aliphatic rings. The number of nitrogens with two attached hydrogens (primary N) is 1. The maximum atomic E-state index is 6.20. The lowest BCUT2D eigenvalue weighted by atomic mass is 10.3. The van der Waals surface area contributed by atoms with Gasteiger partial charge in [-0.3, -0.25) is 0 Å². The summed E-state index contributed by atoms with van der Waals surface area (Å²) in [6.07, 6.45) is 1.74. The molecule has 0 amide bonds. The van der Waals surface area contributed by atoms with Crippen LogP contribution in [0.25, 0.3) is 0 Å². The third-order valence-corrected chi connectivity index (χ3v) is 3.66. The van der Waals surface area contributed by atoms with Crippen molar-refractivity contribution in [2.75, 3.05) is 0 Å². The molecule has 0 aliphatic carbocycles. The summed E-state index contributed by atoms with van der Waals surface area (Å²) in [6.45, 7) is 0.434. The molecule has 0 spiro atoms. The monoisotopic (exact) mass is 250 g/mol. The van der Waals surface area contributed by atoms with Crippen molar-refractivity contribution < 1.29 is 0 Å². The van der Waals surface area contributed by atoms with Gasteiger partial charge in [-0.05, 0) is 23.8 Å². The second-order valence-corrected chi connectivity index (χ2v) is 4.65. The van der Waals surface area contributed by atoms with E-state index in [1.807, 2.05) is 36.4 Å². The molecule has 1 aromatic heterocycles. The van der Waals surface area contributed by atoms with E-state index in [2.05, 4.69) is 4.98 Å². The van der Waals surface area contributed by atoms with Crippen LogP contribution in [0.1, 0.15) is 5.56 Å². The van der Waals surface area contributed by atoms with Gasteiger partial charge < -0.3 is 5.73 Å². The van der Waals surface area contributed by atoms with E-state index in [0.29, 0.717) is 11.6 Å². The van der Waals surface area contributed by atoms with Gasteiger partial charge in [-0.15, -0.1) is 0 Å². The van der Waals surface area contributed by atoms with Crippen LogP contribution < -0.4 is 5.73 Å². The first-order chi connectivity index (χ1) is 7.81. The van der Waals surface area contributed by atoms with Crippen LogP contribution in [-0.2, 0) is 6.54 Å². The fourth-order valence-corrected chi connectivity index (χ4v) is 2.45. The van der Waals surface area contributed by atoms with E-state index in [9.17, 15) is 0 Å². The summed E-state index contributed by atoms with van der Waals surface area (Å²) in [4.78, 5) is 5.37. The first-order valence-electron chi connectivity index (χ1n) is 4.87. The van der Waals surface area contributed by atoms with Gasteiger partial charge in [-0.2, -0.15) is 0 Å². The average molecular weight is 251 g/mol. The molecule has 0 fully saturated rings. The van der Waals surface area contributed by atoms with Crippen molar-refractivity contribution in [2.45, 2.75) is 16.5 Å². The Labute approximate surface area is 104 Å². The number of hydrogen-bond acceptors (Lipinski definition) is 3. The SMILES string of the molecule is NCc1ccnc(Sc2ccccc2)c1Cl. The molecular weight excluding hydrogens is 240 g/mol. The molecule has 0 radical (unpaired) electrons. The van der Waals surface area contributed by atoms with E-state index >= 15 is 0 Å². The standard InChI is InChI=1S/C12H11ClN2S/c13-11-9(8-14)6-7-15-12(11)16-10-4-2-1-3-5-10/h1-7H,8,14H2. The summed E-state index contributed by atoms with van der Waals surface area (Å²) >= 11 is 7.74. The van der Waals surface area contributed by atoms with Crippen molar-refractivity contribution in [1.29, 1.82) is 0 Å². The van der Waals surface area contributed by atoms with Crippen molar-refractivity contribution in [3.8, 4) is 0 Å².